The first-order valence-electron chi connectivity index (χ1n) is 53.3. The number of carbonyl (C=O) groups excluding carboxylic acids is 10. The lowest BCUT2D eigenvalue weighted by Crippen LogP contribution is -2.49. The summed E-state index contributed by atoms with van der Waals surface area (Å²) in [6.45, 7) is 46.9. The number of rotatable bonds is 33. The van der Waals surface area contributed by atoms with Crippen LogP contribution < -0.4 is 11.1 Å². The molecular weight excluding hydrogens is 1790 g/mol. The fourth-order valence-electron chi connectivity index (χ4n) is 37.5. The van der Waals surface area contributed by atoms with Gasteiger partial charge in [-0.05, 0) is 363 Å². The van der Waals surface area contributed by atoms with Crippen molar-refractivity contribution in [3.05, 3.63) is 36.8 Å². The first-order chi connectivity index (χ1) is 66.5. The topological polar surface area (TPSA) is 417 Å². The Kier molecular flexibility index (Phi) is 32.5. The molecule has 778 valence electrons. The Morgan fingerprint density at radius 1 is 0.345 bits per heavy atom. The zero-order chi connectivity index (χ0) is 100. The van der Waals surface area contributed by atoms with Gasteiger partial charge in [-0.25, -0.2) is 5.26 Å². The van der Waals surface area contributed by atoms with E-state index in [1.165, 1.54) is 45.4 Å². The fourth-order valence-corrected chi connectivity index (χ4v) is 37.5. The van der Waals surface area contributed by atoms with Crippen molar-refractivity contribution in [1.82, 2.24) is 5.32 Å². The summed E-state index contributed by atoms with van der Waals surface area (Å²) in [6.07, 6.45) is 10.9. The third-order valence-corrected chi connectivity index (χ3v) is 42.5. The summed E-state index contributed by atoms with van der Waals surface area (Å²) in [7, 11) is 1.43. The molecule has 0 radical (unpaired) electrons. The Bertz CT molecular complexity index is 4500. The van der Waals surface area contributed by atoms with Gasteiger partial charge in [0.15, 0.2) is 38.7 Å². The highest BCUT2D eigenvalue weighted by atomic mass is 17.1. The van der Waals surface area contributed by atoms with Crippen molar-refractivity contribution in [3.8, 4) is 0 Å². The van der Waals surface area contributed by atoms with Crippen LogP contribution in [-0.4, -0.2) is 168 Å². The number of fused-ring (bicyclic) bond motifs is 45. The lowest BCUT2D eigenvalue weighted by atomic mass is 9.59. The summed E-state index contributed by atoms with van der Waals surface area (Å²) in [5.74, 6) is 13.0. The lowest BCUT2D eigenvalue weighted by molar-refractivity contribution is -0.243. The predicted molar refractivity (Wildman–Crippen MR) is 498 cm³/mol. The number of nitrogens with one attached hydrogen (secondary N) is 1. The van der Waals surface area contributed by atoms with Gasteiger partial charge in [-0.2, -0.15) is 5.26 Å². The van der Waals surface area contributed by atoms with Gasteiger partial charge in [-0.15, -0.1) is 0 Å². The number of nitrogens with two attached hydrogens (primary N) is 1. The van der Waals surface area contributed by atoms with Gasteiger partial charge >= 0.3 is 59.7 Å². The third-order valence-electron chi connectivity index (χ3n) is 42.5. The summed E-state index contributed by atoms with van der Waals surface area (Å²) < 4.78 is 74.5. The van der Waals surface area contributed by atoms with Gasteiger partial charge in [0, 0.05) is 39.2 Å². The summed E-state index contributed by atoms with van der Waals surface area (Å²) in [4.78, 5) is 138. The Morgan fingerprint density at radius 2 is 0.590 bits per heavy atom. The van der Waals surface area contributed by atoms with Gasteiger partial charge in [-0.1, -0.05) is 75.8 Å². The fraction of sp³-hybridized carbons (Fsp3) is 0.852. The van der Waals surface area contributed by atoms with Crippen LogP contribution in [0, 0.1) is 296 Å². The number of methoxy groups -OCH3 is 1. The molecule has 52 unspecified atom stereocenters. The number of ether oxygens (including phenoxy) is 14. The molecule has 20 rings (SSSR count). The average Bonchev–Trinajstić information content (AvgIpc) is 1.54. The van der Waals surface area contributed by atoms with Crippen molar-refractivity contribution in [1.29, 1.82) is 0 Å². The van der Waals surface area contributed by atoms with Gasteiger partial charge in [-0.3, -0.25) is 47.9 Å². The van der Waals surface area contributed by atoms with Gasteiger partial charge in [0.05, 0.1) is 79.4 Å². The minimum Gasteiger partial charge on any atom is -0.469 e. The molecule has 20 aliphatic carbocycles. The van der Waals surface area contributed by atoms with E-state index in [0.717, 1.165) is 43.9 Å². The highest BCUT2D eigenvalue weighted by Crippen LogP contribution is 2.79. The number of allylic oxidation sites excluding steroid dienone is 1. The molecule has 20 saturated carbocycles. The number of aliphatic hydroxyl groups is 1. The van der Waals surface area contributed by atoms with Crippen molar-refractivity contribution < 1.29 is 140 Å². The van der Waals surface area contributed by atoms with Gasteiger partial charge < -0.3 is 92.2 Å². The lowest BCUT2D eigenvalue weighted by Gasteiger charge is -2.45. The van der Waals surface area contributed by atoms with E-state index in [2.05, 4.69) is 97.5 Å². The molecule has 0 aromatic carbocycles. The molecule has 1 amide bonds. The minimum absolute atomic E-state index is 0.0129. The highest BCUT2D eigenvalue weighted by molar-refractivity contribution is 5.89. The van der Waals surface area contributed by atoms with Gasteiger partial charge in [0.2, 0.25) is 5.91 Å². The van der Waals surface area contributed by atoms with E-state index in [9.17, 15) is 47.9 Å². The molecule has 0 spiro atoms. The molecule has 6 N–H and O–H groups in total. The Labute approximate surface area is 820 Å². The highest BCUT2D eigenvalue weighted by Gasteiger charge is 2.78. The standard InChI is InChI=1S/C23H35NO6.C23H35NO5.C21H30O7.C21H32O6.C20H30O5/c1-6-28-13(5)29-23(26)21-17-8-16(20(21)22(25)24-9-10(2)30-27)18-14-7-15(19(17)18)12(4)11(14)3;1-6-27-13(5)29-23(26)21-17-8-16(20(21)22(25)28-10(2)9-24)18-14-7-15(19(17)18)12(4)11(14)3;1-5-25-8-26-20(22)18-14-7-15(19(18)21(23)27-11(4)28-24)17-13-6-12(16(14)17)9(2)10(13)3;1-4-25-9-27-21(24)19-15-8-14(18(19)20(23)26-6-5-22)16-12-7-13(17(15)16)11(3)10(12)2;1-5-24-8-25-20(22)18-14-7-13(17(18)19(21)23-4)15-11-6-12(16(14)15)10(3)9(11)2/h9,11-21,27H,6-8H2,1-5H3,(H,24,25);11-21H,2,6-9,24H2,1,3-5H3;9-10,12-19,24H,4-8H2,1-3H3;10-19,22H,4-9H2,1-3H3;9-18H,5-8H2,1-4H3. The first kappa shape index (κ1) is 105. The van der Waals surface area contributed by atoms with E-state index in [-0.39, 0.29) is 176 Å². The van der Waals surface area contributed by atoms with E-state index < -0.39 is 71.8 Å². The zero-order valence-corrected chi connectivity index (χ0v) is 85.4. The van der Waals surface area contributed by atoms with E-state index in [0.29, 0.717) is 199 Å². The van der Waals surface area contributed by atoms with Crippen molar-refractivity contribution in [3.63, 3.8) is 0 Å². The predicted octanol–water partition coefficient (Wildman–Crippen LogP) is 14.3. The number of esters is 9. The Balaban J connectivity index is 0.000000126. The maximum atomic E-state index is 13.2. The molecular formula is C108H162N2O29. The first-order valence-corrected chi connectivity index (χ1v) is 53.3. The maximum Gasteiger partial charge on any atom is 0.317 e. The average molecular weight is 1950 g/mol. The molecule has 31 nitrogen and oxygen atoms in total. The molecule has 0 aromatic rings. The minimum atomic E-state index is -0.620. The van der Waals surface area contributed by atoms with Crippen molar-refractivity contribution in [2.24, 2.45) is 302 Å². The van der Waals surface area contributed by atoms with Crippen LogP contribution in [0.5, 0.6) is 0 Å². The molecule has 139 heavy (non-hydrogen) atoms. The summed E-state index contributed by atoms with van der Waals surface area (Å²) in [5, 5.41) is 29.2. The van der Waals surface area contributed by atoms with E-state index in [4.69, 9.17) is 87.7 Å². The number of hydrogen-bond acceptors (Lipinski definition) is 30. The maximum absolute atomic E-state index is 13.2. The third kappa shape index (κ3) is 18.2. The molecule has 20 bridgehead atoms. The molecule has 0 saturated heterocycles. The largest absolute Gasteiger partial charge is 0.469 e. The van der Waals surface area contributed by atoms with Crippen LogP contribution in [-0.2, 0) is 124 Å². The van der Waals surface area contributed by atoms with Crippen LogP contribution in [0.4, 0.5) is 0 Å². The normalized spacial score (nSPS) is 46.0. The Hall–Kier alpha value is -6.84. The van der Waals surface area contributed by atoms with Crippen LogP contribution in [0.25, 0.3) is 0 Å². The number of carbonyl (C=O) groups is 10. The van der Waals surface area contributed by atoms with Crippen LogP contribution >= 0.6 is 0 Å². The number of hydrogen-bond donors (Lipinski definition) is 5. The van der Waals surface area contributed by atoms with Crippen LogP contribution in [0.1, 0.15) is 189 Å². The second-order valence-electron chi connectivity index (χ2n) is 46.2. The molecule has 0 aliphatic heterocycles. The second kappa shape index (κ2) is 43.1. The van der Waals surface area contributed by atoms with Gasteiger partial charge in [0.1, 0.15) is 12.4 Å². The molecule has 52 atom stereocenters. The smallest absolute Gasteiger partial charge is 0.317 e. The summed E-state index contributed by atoms with van der Waals surface area (Å²) in [6, 6.07) is 0. The van der Waals surface area contributed by atoms with E-state index in [1.54, 1.807) is 20.8 Å². The SMILES string of the molecule is C=C(CN)OC(=O)C1C2CC(C1C(=O)OC(C)OCC)C1C3CC(C(C)C3C)C21.C=C(OO)OC(=O)C1C2CC(C1C(=O)OCOCC)C1C3CC(C(C)C3C)C21.CCOC(C)OC(=O)C1C2CC(C1C(=O)NC=C(C)OO)C1C3CC(C(C)C3C)C21.CCOCOC(=O)C1C2CC(C1C(=O)OC)C1C3CC(C(C)C3C)C21.CCOCOC(=O)C1C2CC(C1C(=O)OCCO)C1C3CC(C(C)C3C)C21. The van der Waals surface area contributed by atoms with E-state index in [1.807, 2.05) is 34.6 Å². The zero-order valence-electron chi connectivity index (χ0n) is 85.4. The monoisotopic (exact) mass is 1950 g/mol. The van der Waals surface area contributed by atoms with E-state index >= 15 is 0 Å². The second-order valence-corrected chi connectivity index (χ2v) is 46.2. The van der Waals surface area contributed by atoms with Crippen LogP contribution in [0.15, 0.2) is 36.8 Å². The van der Waals surface area contributed by atoms with Crippen molar-refractivity contribution >= 4 is 59.6 Å². The summed E-state index contributed by atoms with van der Waals surface area (Å²) >= 11 is 0. The van der Waals surface area contributed by atoms with Gasteiger partial charge in [0.25, 0.3) is 0 Å². The summed E-state index contributed by atoms with van der Waals surface area (Å²) in [5.41, 5.74) is 5.57. The van der Waals surface area contributed by atoms with Crippen LogP contribution in [0.3, 0.4) is 0 Å². The van der Waals surface area contributed by atoms with Crippen LogP contribution in [0.2, 0.25) is 0 Å². The number of aliphatic hydroxyl groups excluding tert-OH is 1. The molecule has 20 fully saturated rings. The molecule has 0 heterocycles. The Morgan fingerprint density at radius 3 is 0.842 bits per heavy atom. The number of amides is 1. The molecule has 0 aromatic heterocycles. The molecule has 31 heteroatoms. The molecule has 20 aliphatic rings. The quantitative estimate of drug-likeness (QED) is 0.00595. The van der Waals surface area contributed by atoms with Crippen molar-refractivity contribution in [2.45, 2.75) is 201 Å². The van der Waals surface area contributed by atoms with Crippen molar-refractivity contribution in [2.75, 3.05) is 80.3 Å².